The van der Waals surface area contributed by atoms with E-state index in [1.54, 1.807) is 0 Å². The Labute approximate surface area is 73.5 Å². The second kappa shape index (κ2) is 4.26. The first-order chi connectivity index (χ1) is 5.34. The summed E-state index contributed by atoms with van der Waals surface area (Å²) in [6.07, 6.45) is 1.38. The topological polar surface area (TPSA) is 9.23 Å². The van der Waals surface area contributed by atoms with Crippen molar-refractivity contribution in [3.63, 3.8) is 0 Å². The lowest BCUT2D eigenvalue weighted by Gasteiger charge is -2.01. The summed E-state index contributed by atoms with van der Waals surface area (Å²) in [7, 11) is -0.568. The minimum atomic E-state index is -0.568. The highest BCUT2D eigenvalue weighted by Crippen LogP contribution is 2.06. The molecule has 0 amide bonds. The molecule has 0 heterocycles. The van der Waals surface area contributed by atoms with Crippen molar-refractivity contribution in [3.05, 3.63) is 43.2 Å². The molecule has 0 fully saturated rings. The lowest BCUT2D eigenvalue weighted by Crippen LogP contribution is -1.88. The Kier molecular flexibility index (Phi) is 3.26. The zero-order valence-corrected chi connectivity index (χ0v) is 7.53. The normalized spacial score (nSPS) is 12.0. The molecule has 0 radical (unpaired) electrons. The van der Waals surface area contributed by atoms with Gasteiger partial charge in [0.05, 0.1) is 16.0 Å². The molecule has 0 saturated carbocycles. The van der Waals surface area contributed by atoms with Crippen LogP contribution in [-0.2, 0) is 25.1 Å². The van der Waals surface area contributed by atoms with E-state index in [1.807, 2.05) is 30.3 Å². The van der Waals surface area contributed by atoms with Crippen LogP contribution in [-0.4, -0.2) is 0 Å². The Bertz CT molecular complexity index is 256. The monoisotopic (exact) mass is 184 g/mol. The predicted octanol–water partition coefficient (Wildman–Crippen LogP) is 2.20. The minimum absolute atomic E-state index is 0.568. The molecule has 58 valence electrons. The van der Waals surface area contributed by atoms with Crippen LogP contribution in [0.4, 0.5) is 0 Å². The average molecular weight is 184 g/mol. The molecule has 1 unspecified atom stereocenters. The van der Waals surface area contributed by atoms with E-state index in [0.717, 1.165) is 4.90 Å². The first-order valence-corrected chi connectivity index (χ1v) is 5.17. The van der Waals surface area contributed by atoms with Gasteiger partial charge in [-0.25, -0.2) is 0 Å². The third kappa shape index (κ3) is 2.44. The minimum Gasteiger partial charge on any atom is -0.427 e. The standard InChI is InChI=1S/C8H8OS2/c1-2-9-11(10)8-6-4-3-5-7-8/h2-7H,1H2. The largest absolute Gasteiger partial charge is 0.427 e. The van der Waals surface area contributed by atoms with E-state index in [1.165, 1.54) is 6.26 Å². The Morgan fingerprint density at radius 3 is 2.55 bits per heavy atom. The van der Waals surface area contributed by atoms with Gasteiger partial charge in [-0.1, -0.05) is 24.8 Å². The van der Waals surface area contributed by atoms with Crippen LogP contribution in [0.1, 0.15) is 0 Å². The molecule has 11 heavy (non-hydrogen) atoms. The maximum Gasteiger partial charge on any atom is 0.0946 e. The lowest BCUT2D eigenvalue weighted by atomic mass is 10.4. The van der Waals surface area contributed by atoms with Crippen molar-refractivity contribution in [2.45, 2.75) is 4.90 Å². The van der Waals surface area contributed by atoms with Gasteiger partial charge in [0.2, 0.25) is 0 Å². The maximum absolute atomic E-state index is 5.04. The Hall–Kier alpha value is -0.670. The quantitative estimate of drug-likeness (QED) is 0.666. The number of rotatable bonds is 3. The maximum atomic E-state index is 5.04. The third-order valence-corrected chi connectivity index (χ3v) is 2.87. The fraction of sp³-hybridized carbons (Fsp3) is 0. The van der Waals surface area contributed by atoms with Crippen molar-refractivity contribution in [2.24, 2.45) is 0 Å². The molecule has 3 heteroatoms. The van der Waals surface area contributed by atoms with E-state index < -0.39 is 9.74 Å². The first kappa shape index (κ1) is 8.43. The highest BCUT2D eigenvalue weighted by Gasteiger charge is 1.94. The summed E-state index contributed by atoms with van der Waals surface area (Å²) in [4.78, 5) is 1.02. The van der Waals surface area contributed by atoms with Crippen LogP contribution in [0.3, 0.4) is 0 Å². The second-order valence-corrected chi connectivity index (χ2v) is 3.85. The van der Waals surface area contributed by atoms with Gasteiger partial charge >= 0.3 is 0 Å². The predicted molar refractivity (Wildman–Crippen MR) is 50.7 cm³/mol. The van der Waals surface area contributed by atoms with Gasteiger partial charge in [0.15, 0.2) is 0 Å². The van der Waals surface area contributed by atoms with Crippen molar-refractivity contribution in [1.29, 1.82) is 0 Å². The van der Waals surface area contributed by atoms with Gasteiger partial charge in [0.25, 0.3) is 0 Å². The molecule has 0 spiro atoms. The summed E-state index contributed by atoms with van der Waals surface area (Å²) >= 11 is 5.04. The zero-order chi connectivity index (χ0) is 8.10. The van der Waals surface area contributed by atoms with Crippen LogP contribution in [0.25, 0.3) is 0 Å². The van der Waals surface area contributed by atoms with Crippen LogP contribution >= 0.6 is 0 Å². The molecule has 0 saturated heterocycles. The van der Waals surface area contributed by atoms with Crippen molar-refractivity contribution < 1.29 is 4.18 Å². The van der Waals surface area contributed by atoms with Gasteiger partial charge in [-0.3, -0.25) is 0 Å². The van der Waals surface area contributed by atoms with Crippen LogP contribution in [0.5, 0.6) is 0 Å². The molecule has 1 atom stereocenters. The third-order valence-electron chi connectivity index (χ3n) is 1.09. The molecule has 0 bridgehead atoms. The van der Waals surface area contributed by atoms with Crippen molar-refractivity contribution in [1.82, 2.24) is 0 Å². The molecule has 0 aromatic heterocycles. The van der Waals surface area contributed by atoms with Gasteiger partial charge < -0.3 is 4.18 Å². The van der Waals surface area contributed by atoms with Gasteiger partial charge in [-0.15, -0.1) is 0 Å². The van der Waals surface area contributed by atoms with Gasteiger partial charge in [-0.05, 0) is 23.3 Å². The summed E-state index contributed by atoms with van der Waals surface area (Å²) in [5.41, 5.74) is 0. The second-order valence-electron chi connectivity index (χ2n) is 1.81. The number of hydrogen-bond acceptors (Lipinski definition) is 2. The van der Waals surface area contributed by atoms with Crippen molar-refractivity contribution in [2.75, 3.05) is 0 Å². The van der Waals surface area contributed by atoms with E-state index in [-0.39, 0.29) is 0 Å². The summed E-state index contributed by atoms with van der Waals surface area (Å²) < 4.78 is 5.03. The van der Waals surface area contributed by atoms with Crippen LogP contribution in [0, 0.1) is 0 Å². The Morgan fingerprint density at radius 2 is 2.00 bits per heavy atom. The van der Waals surface area contributed by atoms with Gasteiger partial charge in [0.1, 0.15) is 0 Å². The molecule has 0 aliphatic heterocycles. The molecule has 0 aliphatic rings. The molecular formula is C8H8OS2. The van der Waals surface area contributed by atoms with Gasteiger partial charge in [-0.2, -0.15) is 0 Å². The number of hydrogen-bond donors (Lipinski definition) is 0. The molecule has 1 aromatic carbocycles. The molecule has 1 rings (SSSR count). The van der Waals surface area contributed by atoms with E-state index in [2.05, 4.69) is 6.58 Å². The van der Waals surface area contributed by atoms with E-state index in [9.17, 15) is 0 Å². The van der Waals surface area contributed by atoms with Crippen molar-refractivity contribution in [3.8, 4) is 0 Å². The average Bonchev–Trinajstić information content (AvgIpc) is 2.07. The SMILES string of the molecule is C=COS(=S)c1ccccc1. The first-order valence-electron chi connectivity index (χ1n) is 3.09. The fourth-order valence-corrected chi connectivity index (χ4v) is 1.76. The highest BCUT2D eigenvalue weighted by molar-refractivity contribution is 8.26. The molecule has 0 N–H and O–H groups in total. The summed E-state index contributed by atoms with van der Waals surface area (Å²) in [6.45, 7) is 3.44. The molecule has 0 aliphatic carbocycles. The van der Waals surface area contributed by atoms with E-state index in [4.69, 9.17) is 15.4 Å². The smallest absolute Gasteiger partial charge is 0.0946 e. The van der Waals surface area contributed by atoms with E-state index >= 15 is 0 Å². The highest BCUT2D eigenvalue weighted by atomic mass is 32.8. The summed E-state index contributed by atoms with van der Waals surface area (Å²) in [5.74, 6) is 0. The van der Waals surface area contributed by atoms with Crippen molar-refractivity contribution >= 4 is 20.9 Å². The molecule has 1 aromatic rings. The zero-order valence-electron chi connectivity index (χ0n) is 5.90. The Balaban J connectivity index is 2.77. The van der Waals surface area contributed by atoms with Crippen LogP contribution in [0.2, 0.25) is 0 Å². The lowest BCUT2D eigenvalue weighted by molar-refractivity contribution is 0.562. The fourth-order valence-electron chi connectivity index (χ4n) is 0.649. The summed E-state index contributed by atoms with van der Waals surface area (Å²) in [6, 6.07) is 9.71. The van der Waals surface area contributed by atoms with Gasteiger partial charge in [0, 0.05) is 4.90 Å². The Morgan fingerprint density at radius 1 is 1.36 bits per heavy atom. The van der Waals surface area contributed by atoms with Crippen LogP contribution in [0.15, 0.2) is 48.1 Å². The summed E-state index contributed by atoms with van der Waals surface area (Å²) in [5, 5.41) is 0. The molecule has 1 nitrogen and oxygen atoms in total. The van der Waals surface area contributed by atoms with Crippen LogP contribution < -0.4 is 0 Å². The molecular weight excluding hydrogens is 176 g/mol. The van der Waals surface area contributed by atoms with E-state index in [0.29, 0.717) is 0 Å². The number of benzene rings is 1.